The summed E-state index contributed by atoms with van der Waals surface area (Å²) in [6.45, 7) is 4.59. The third-order valence-electron chi connectivity index (χ3n) is 10.4. The van der Waals surface area contributed by atoms with Crippen molar-refractivity contribution < 1.29 is 31.2 Å². The molecule has 318 valence electrons. The second-order valence-corrected chi connectivity index (χ2v) is 20.2. The van der Waals surface area contributed by atoms with Crippen LogP contribution in [0.15, 0.2) is 112 Å². The van der Waals surface area contributed by atoms with Crippen LogP contribution >= 0.6 is 23.1 Å². The number of aromatic nitrogens is 4. The molecule has 2 aliphatic rings. The lowest BCUT2D eigenvalue weighted by molar-refractivity contribution is 0.0370. The molecule has 6 aromatic rings. The van der Waals surface area contributed by atoms with Crippen molar-refractivity contribution in [3.63, 3.8) is 0 Å². The smallest absolute Gasteiger partial charge is 0.284 e. The molecule has 2 amide bonds. The van der Waals surface area contributed by atoms with Crippen LogP contribution in [0.4, 0.5) is 16.6 Å². The number of anilines is 3. The second-order valence-electron chi connectivity index (χ2n) is 14.6. The number of sulfonamides is 1. The van der Waals surface area contributed by atoms with Crippen LogP contribution in [0.1, 0.15) is 38.4 Å². The molecule has 0 aliphatic carbocycles. The van der Waals surface area contributed by atoms with Gasteiger partial charge in [0.25, 0.3) is 21.8 Å². The highest BCUT2D eigenvalue weighted by Crippen LogP contribution is 2.31. The fourth-order valence-corrected chi connectivity index (χ4v) is 10.9. The molecule has 3 aromatic heterocycles. The summed E-state index contributed by atoms with van der Waals surface area (Å²) in [5.41, 5.74) is 3.03. The second kappa shape index (κ2) is 18.3. The van der Waals surface area contributed by atoms with Gasteiger partial charge in [-0.05, 0) is 60.4 Å². The number of morpholine rings is 1. The zero-order chi connectivity index (χ0) is 42.6. The Morgan fingerprint density at radius 2 is 1.79 bits per heavy atom. The maximum atomic E-state index is 13.6. The van der Waals surface area contributed by atoms with Crippen molar-refractivity contribution in [1.82, 2.24) is 29.0 Å². The fourth-order valence-electron chi connectivity index (χ4n) is 7.18. The lowest BCUT2D eigenvalue weighted by Gasteiger charge is -2.29. The molecule has 61 heavy (non-hydrogen) atoms. The summed E-state index contributed by atoms with van der Waals surface area (Å²) in [5, 5.41) is 8.20. The zero-order valence-electron chi connectivity index (χ0n) is 33.1. The summed E-state index contributed by atoms with van der Waals surface area (Å²) < 4.78 is 62.9. The van der Waals surface area contributed by atoms with E-state index >= 15 is 0 Å². The van der Waals surface area contributed by atoms with Crippen molar-refractivity contribution in [2.75, 3.05) is 66.9 Å². The van der Waals surface area contributed by atoms with Gasteiger partial charge in [0.15, 0.2) is 26.4 Å². The zero-order valence-corrected chi connectivity index (χ0v) is 36.3. The van der Waals surface area contributed by atoms with Crippen molar-refractivity contribution >= 4 is 77.1 Å². The number of benzene rings is 3. The number of thiazole rings is 1. The van der Waals surface area contributed by atoms with Crippen molar-refractivity contribution in [3.05, 3.63) is 119 Å². The Bertz CT molecular complexity index is 2740. The van der Waals surface area contributed by atoms with Crippen molar-refractivity contribution in [3.8, 4) is 0 Å². The van der Waals surface area contributed by atoms with Crippen molar-refractivity contribution in [2.24, 2.45) is 0 Å². The van der Waals surface area contributed by atoms with Crippen LogP contribution in [0.3, 0.4) is 0 Å². The van der Waals surface area contributed by atoms with Gasteiger partial charge in [-0.2, -0.15) is 0 Å². The standard InChI is InChI=1S/C41H43N9O7S4/c1-60(53,54)36-22-31(10-11-34(36)43-29(13-15-48-18-20-57-21-19-48)26-58-30-7-3-2-4-8-30)61(55,56)47-40(52)35-27-59-41(44-35)50-16-12-28-6-5-9-32(33(28)24-50)39(51)46-37-25-49-17-14-42-23-38(49)45-37/h2-11,14,17,22-23,25,27,29,43H,12-13,15-16,18-21,24,26H2,1H3,(H,46,51)(H,47,52)/t29-/m1/s1. The minimum absolute atomic E-state index is 0.123. The largest absolute Gasteiger partial charge is 0.380 e. The number of ether oxygens (including phenoxy) is 1. The van der Waals surface area contributed by atoms with Crippen LogP contribution in [-0.4, -0.2) is 110 Å². The number of rotatable bonds is 15. The molecule has 16 nitrogen and oxygen atoms in total. The van der Waals surface area contributed by atoms with Crippen LogP contribution in [-0.2, 0) is 37.6 Å². The Labute approximate surface area is 361 Å². The van der Waals surface area contributed by atoms with E-state index in [1.165, 1.54) is 28.8 Å². The lowest BCUT2D eigenvalue weighted by Crippen LogP contribution is -2.39. The summed E-state index contributed by atoms with van der Waals surface area (Å²) in [6.07, 6.45) is 9.00. The fraction of sp³-hybridized carbons (Fsp3) is 0.293. The molecule has 0 spiro atoms. The van der Waals surface area contributed by atoms with E-state index in [0.717, 1.165) is 48.0 Å². The summed E-state index contributed by atoms with van der Waals surface area (Å²) in [4.78, 5) is 44.6. The van der Waals surface area contributed by atoms with Crippen molar-refractivity contribution in [2.45, 2.75) is 40.1 Å². The third-order valence-corrected chi connectivity index (χ3v) is 14.9. The highest BCUT2D eigenvalue weighted by Gasteiger charge is 2.28. The number of carbonyl (C=O) groups is 2. The molecule has 0 saturated carbocycles. The van der Waals surface area contributed by atoms with Crippen molar-refractivity contribution in [1.29, 1.82) is 0 Å². The number of thioether (sulfide) groups is 1. The first-order valence-corrected chi connectivity index (χ1v) is 24.7. The average Bonchev–Trinajstić information content (AvgIpc) is 3.92. The van der Waals surface area contributed by atoms with Gasteiger partial charge in [-0.1, -0.05) is 30.3 Å². The summed E-state index contributed by atoms with van der Waals surface area (Å²) in [6, 6.07) is 19.1. The van der Waals surface area contributed by atoms with Gasteiger partial charge >= 0.3 is 0 Å². The molecule has 3 aromatic carbocycles. The topological polar surface area (TPSA) is 197 Å². The van der Waals surface area contributed by atoms with E-state index in [4.69, 9.17) is 4.74 Å². The summed E-state index contributed by atoms with van der Waals surface area (Å²) >= 11 is 2.81. The predicted molar refractivity (Wildman–Crippen MR) is 235 cm³/mol. The van der Waals surface area contributed by atoms with E-state index < -0.39 is 25.8 Å². The van der Waals surface area contributed by atoms with Crippen LogP contribution in [0, 0.1) is 0 Å². The van der Waals surface area contributed by atoms with Gasteiger partial charge in [-0.15, -0.1) is 23.1 Å². The number of nitrogens with one attached hydrogen (secondary N) is 3. The first-order chi connectivity index (χ1) is 29.4. The number of hydrogen-bond acceptors (Lipinski definition) is 15. The van der Waals surface area contributed by atoms with Gasteiger partial charge in [-0.25, -0.2) is 31.5 Å². The Balaban J connectivity index is 0.949. The molecule has 5 heterocycles. The monoisotopic (exact) mass is 901 g/mol. The van der Waals surface area contributed by atoms with E-state index in [1.54, 1.807) is 47.0 Å². The molecule has 3 N–H and O–H groups in total. The summed E-state index contributed by atoms with van der Waals surface area (Å²) in [7, 11) is -8.46. The highest BCUT2D eigenvalue weighted by atomic mass is 32.2. The maximum Gasteiger partial charge on any atom is 0.284 e. The molecular formula is C41H43N9O7S4. The van der Waals surface area contributed by atoms with Gasteiger partial charge in [0.2, 0.25) is 0 Å². The summed E-state index contributed by atoms with van der Waals surface area (Å²) in [5.74, 6) is -0.280. The van der Waals surface area contributed by atoms with Crippen LogP contribution < -0.4 is 20.3 Å². The predicted octanol–water partition coefficient (Wildman–Crippen LogP) is 4.82. The molecular weight excluding hydrogens is 859 g/mol. The van der Waals surface area contributed by atoms with E-state index in [2.05, 4.69) is 35.2 Å². The third kappa shape index (κ3) is 10.2. The van der Waals surface area contributed by atoms with E-state index in [9.17, 15) is 26.4 Å². The van der Waals surface area contributed by atoms with E-state index in [-0.39, 0.29) is 33.1 Å². The van der Waals surface area contributed by atoms with E-state index in [1.807, 2.05) is 47.4 Å². The number of hydrogen-bond donors (Lipinski definition) is 3. The normalized spacial score (nSPS) is 15.3. The molecule has 2 aliphatic heterocycles. The highest BCUT2D eigenvalue weighted by molar-refractivity contribution is 7.99. The molecule has 1 atom stereocenters. The van der Waals surface area contributed by atoms with Crippen LogP contribution in [0.2, 0.25) is 0 Å². The number of sulfone groups is 1. The lowest BCUT2D eigenvalue weighted by atomic mass is 9.94. The minimum atomic E-state index is -4.53. The molecule has 0 bridgehead atoms. The molecule has 20 heteroatoms. The quantitative estimate of drug-likeness (QED) is 0.119. The van der Waals surface area contributed by atoms with Gasteiger partial charge < -0.3 is 24.7 Å². The molecule has 1 saturated heterocycles. The van der Waals surface area contributed by atoms with Gasteiger partial charge in [0.05, 0.1) is 41.1 Å². The molecule has 1 fully saturated rings. The molecule has 0 unspecified atom stereocenters. The number of carbonyl (C=O) groups excluding carboxylic acids is 2. The molecule has 8 rings (SSSR count). The number of amides is 2. The SMILES string of the molecule is CS(=O)(=O)c1cc(S(=O)(=O)NC(=O)c2csc(N3CCc4cccc(C(=O)Nc5cn6ccncc6n5)c4C3)n2)ccc1N[C@H](CCN1CCOCC1)CSc1ccccc1. The van der Waals surface area contributed by atoms with Gasteiger partial charge in [-0.3, -0.25) is 19.5 Å². The minimum Gasteiger partial charge on any atom is -0.380 e. The Kier molecular flexibility index (Phi) is 12.7. The van der Waals surface area contributed by atoms with Gasteiger partial charge in [0.1, 0.15) is 5.69 Å². The van der Waals surface area contributed by atoms with Crippen LogP contribution in [0.25, 0.3) is 5.65 Å². The van der Waals surface area contributed by atoms with Crippen LogP contribution in [0.5, 0.6) is 0 Å². The number of nitrogens with zero attached hydrogens (tertiary/aromatic N) is 6. The Hall–Kier alpha value is -5.38. The Morgan fingerprint density at radius 1 is 0.967 bits per heavy atom. The Morgan fingerprint density at radius 3 is 2.57 bits per heavy atom. The maximum absolute atomic E-state index is 13.6. The first-order valence-electron chi connectivity index (χ1n) is 19.5. The molecule has 0 radical (unpaired) electrons. The van der Waals surface area contributed by atoms with E-state index in [0.29, 0.717) is 67.1 Å². The van der Waals surface area contributed by atoms with Gasteiger partial charge in [0, 0.05) is 79.0 Å². The average molecular weight is 902 g/mol. The number of imidazole rings is 1. The number of fused-ring (bicyclic) bond motifs is 2. The first kappa shape index (κ1) is 42.3.